The van der Waals surface area contributed by atoms with Crippen LogP contribution in [0.1, 0.15) is 34.1 Å². The monoisotopic (exact) mass is 497 g/mol. The van der Waals surface area contributed by atoms with E-state index in [0.717, 1.165) is 26.1 Å². The van der Waals surface area contributed by atoms with Gasteiger partial charge in [0.05, 0.1) is 49.1 Å². The van der Waals surface area contributed by atoms with Crippen molar-refractivity contribution in [3.8, 4) is 0 Å². The molecule has 0 radical (unpaired) electrons. The fourth-order valence-electron chi connectivity index (χ4n) is 6.50. The molecule has 0 saturated carbocycles. The van der Waals surface area contributed by atoms with Gasteiger partial charge in [0.2, 0.25) is 11.8 Å². The normalized spacial score (nSPS) is 36.1. The van der Waals surface area contributed by atoms with Gasteiger partial charge in [-0.1, -0.05) is 20.8 Å². The van der Waals surface area contributed by atoms with Crippen LogP contribution in [-0.2, 0) is 23.9 Å². The van der Waals surface area contributed by atoms with E-state index in [0.29, 0.717) is 19.8 Å². The number of aliphatic hydroxyl groups is 1. The first-order valence-electron chi connectivity index (χ1n) is 12.6. The van der Waals surface area contributed by atoms with Crippen molar-refractivity contribution in [2.75, 3.05) is 52.6 Å². The molecule has 2 bridgehead atoms. The highest BCUT2D eigenvalue weighted by molar-refractivity contribution is 8.02. The van der Waals surface area contributed by atoms with Gasteiger partial charge >= 0.3 is 5.97 Å². The molecule has 2 amide bonds. The lowest BCUT2D eigenvalue weighted by atomic mass is 9.66. The third-order valence-electron chi connectivity index (χ3n) is 8.14. The summed E-state index contributed by atoms with van der Waals surface area (Å²) in [5.41, 5.74) is 0. The third kappa shape index (κ3) is 4.14. The van der Waals surface area contributed by atoms with E-state index in [4.69, 9.17) is 9.47 Å². The first-order chi connectivity index (χ1) is 16.3. The highest BCUT2D eigenvalue weighted by Gasteiger charge is 2.76. The van der Waals surface area contributed by atoms with Crippen LogP contribution in [0.15, 0.2) is 0 Å². The molecule has 0 aromatic carbocycles. The highest BCUT2D eigenvalue weighted by Crippen LogP contribution is 2.69. The largest absolute Gasteiger partial charge is 0.466 e. The second-order valence-electron chi connectivity index (χ2n) is 10.3. The van der Waals surface area contributed by atoms with Gasteiger partial charge in [0.1, 0.15) is 6.04 Å². The summed E-state index contributed by atoms with van der Waals surface area (Å²) in [4.78, 5) is 44.6. The Hall–Kier alpha value is -1.36. The number of carbonyl (C=O) groups is 3. The first kappa shape index (κ1) is 25.7. The second-order valence-corrected chi connectivity index (χ2v) is 11.8. The van der Waals surface area contributed by atoms with E-state index < -0.39 is 28.7 Å². The number of esters is 1. The van der Waals surface area contributed by atoms with E-state index in [-0.39, 0.29) is 48.1 Å². The van der Waals surface area contributed by atoms with E-state index in [1.165, 1.54) is 0 Å². The van der Waals surface area contributed by atoms with Gasteiger partial charge in [-0.15, -0.1) is 11.8 Å². The molecule has 34 heavy (non-hydrogen) atoms. The molecule has 4 heterocycles. The van der Waals surface area contributed by atoms with E-state index in [1.54, 1.807) is 23.6 Å². The van der Waals surface area contributed by atoms with Crippen molar-refractivity contribution in [3.05, 3.63) is 0 Å². The topological polar surface area (TPSA) is 108 Å². The zero-order valence-corrected chi connectivity index (χ0v) is 21.5. The van der Waals surface area contributed by atoms with E-state index in [1.807, 2.05) is 13.8 Å². The van der Waals surface area contributed by atoms with Gasteiger partial charge in [0, 0.05) is 31.4 Å². The number of nitrogens with one attached hydrogen (secondary N) is 1. The third-order valence-corrected chi connectivity index (χ3v) is 10.2. The highest BCUT2D eigenvalue weighted by atomic mass is 32.2. The average molecular weight is 498 g/mol. The molecule has 4 aliphatic rings. The number of nitrogens with zero attached hydrogens (tertiary/aromatic N) is 2. The number of hydrogen-bond donors (Lipinski definition) is 2. The molecular weight excluding hydrogens is 458 g/mol. The van der Waals surface area contributed by atoms with Crippen LogP contribution < -0.4 is 5.32 Å². The van der Waals surface area contributed by atoms with Gasteiger partial charge in [-0.05, 0) is 25.2 Å². The molecule has 4 rings (SSSR count). The van der Waals surface area contributed by atoms with Crippen LogP contribution in [0.25, 0.3) is 0 Å². The molecule has 3 unspecified atom stereocenters. The summed E-state index contributed by atoms with van der Waals surface area (Å²) in [6.07, 6.45) is 0.773. The number of morpholine rings is 1. The lowest BCUT2D eigenvalue weighted by Crippen LogP contribution is -2.59. The molecule has 0 aromatic rings. The first-order valence-corrected chi connectivity index (χ1v) is 13.5. The van der Waals surface area contributed by atoms with Crippen molar-refractivity contribution in [2.45, 2.75) is 56.2 Å². The quantitative estimate of drug-likeness (QED) is 0.440. The van der Waals surface area contributed by atoms with Crippen molar-refractivity contribution in [3.63, 3.8) is 0 Å². The molecular formula is C24H39N3O6S. The Morgan fingerprint density at radius 3 is 2.65 bits per heavy atom. The number of aliphatic hydroxyl groups excluding tert-OH is 1. The molecule has 2 N–H and O–H groups in total. The van der Waals surface area contributed by atoms with Crippen LogP contribution in [0.5, 0.6) is 0 Å². The van der Waals surface area contributed by atoms with Crippen LogP contribution in [0.3, 0.4) is 0 Å². The maximum atomic E-state index is 14.0. The van der Waals surface area contributed by atoms with E-state index in [9.17, 15) is 19.5 Å². The number of hydrogen-bond acceptors (Lipinski definition) is 8. The van der Waals surface area contributed by atoms with E-state index in [2.05, 4.69) is 17.1 Å². The number of rotatable bonds is 9. The van der Waals surface area contributed by atoms with Crippen LogP contribution in [0, 0.1) is 23.7 Å². The predicted molar refractivity (Wildman–Crippen MR) is 128 cm³/mol. The van der Waals surface area contributed by atoms with Crippen molar-refractivity contribution in [1.82, 2.24) is 15.1 Å². The molecule has 7 atom stereocenters. The number of fused-ring (bicyclic) bond motifs is 1. The number of carbonyl (C=O) groups excluding carboxylic acids is 3. The molecule has 4 fully saturated rings. The van der Waals surface area contributed by atoms with Crippen LogP contribution in [0.4, 0.5) is 0 Å². The van der Waals surface area contributed by atoms with Gasteiger partial charge in [-0.3, -0.25) is 19.3 Å². The van der Waals surface area contributed by atoms with E-state index >= 15 is 0 Å². The molecule has 10 heteroatoms. The standard InChI is InChI=1S/C24H39N3O6S/c1-5-33-23(31)18-17-12-15(4)24(34-17)19(18)22(30)27(16(13-28)14(2)3)20(24)21(29)25-6-7-26-8-10-32-11-9-26/h14-20,28H,5-13H2,1-4H3,(H,25,29)/t15?,16-,17+,18-,19-,20?,24?/m0/s1. The fourth-order valence-corrected chi connectivity index (χ4v) is 8.90. The van der Waals surface area contributed by atoms with Crippen LogP contribution in [0.2, 0.25) is 0 Å². The van der Waals surface area contributed by atoms with Crippen LogP contribution >= 0.6 is 11.8 Å². The second kappa shape index (κ2) is 10.3. The summed E-state index contributed by atoms with van der Waals surface area (Å²) in [6, 6.07) is -1.21. The summed E-state index contributed by atoms with van der Waals surface area (Å²) in [7, 11) is 0. The minimum Gasteiger partial charge on any atom is -0.466 e. The SMILES string of the molecule is CCOC(=O)[C@@H]1[C@H]2C(=O)N([C@@H](CO)C(C)C)C(C(=O)NCCN3CCOCC3)C23S[C@@H]1CC3C. The molecule has 1 spiro atoms. The molecule has 192 valence electrons. The summed E-state index contributed by atoms with van der Waals surface area (Å²) in [6.45, 7) is 12.1. The van der Waals surface area contributed by atoms with Crippen molar-refractivity contribution in [1.29, 1.82) is 0 Å². The maximum Gasteiger partial charge on any atom is 0.310 e. The molecule has 4 aliphatic heterocycles. The molecule has 0 aliphatic carbocycles. The number of thioether (sulfide) groups is 1. The lowest BCUT2D eigenvalue weighted by Gasteiger charge is -2.41. The Bertz CT molecular complexity index is 791. The minimum absolute atomic E-state index is 0.0274. The van der Waals surface area contributed by atoms with Gasteiger partial charge in [0.15, 0.2) is 0 Å². The predicted octanol–water partition coefficient (Wildman–Crippen LogP) is 0.352. The van der Waals surface area contributed by atoms with Crippen molar-refractivity contribution in [2.24, 2.45) is 23.7 Å². The number of amides is 2. The summed E-state index contributed by atoms with van der Waals surface area (Å²) in [5.74, 6) is -1.82. The van der Waals surface area contributed by atoms with Crippen molar-refractivity contribution < 1.29 is 29.0 Å². The zero-order valence-electron chi connectivity index (χ0n) is 20.7. The fraction of sp³-hybridized carbons (Fsp3) is 0.875. The van der Waals surface area contributed by atoms with Gasteiger partial charge in [0.25, 0.3) is 0 Å². The Balaban J connectivity index is 1.63. The molecule has 0 aromatic heterocycles. The summed E-state index contributed by atoms with van der Waals surface area (Å²) < 4.78 is 10.1. The Labute approximate surface area is 206 Å². The summed E-state index contributed by atoms with van der Waals surface area (Å²) >= 11 is 1.63. The smallest absolute Gasteiger partial charge is 0.310 e. The number of ether oxygens (including phenoxy) is 2. The molecule has 9 nitrogen and oxygen atoms in total. The zero-order chi connectivity index (χ0) is 24.6. The maximum absolute atomic E-state index is 14.0. The lowest BCUT2D eigenvalue weighted by molar-refractivity contribution is -0.154. The number of likely N-dealkylation sites (tertiary alicyclic amines) is 1. The van der Waals surface area contributed by atoms with Crippen molar-refractivity contribution >= 4 is 29.5 Å². The summed E-state index contributed by atoms with van der Waals surface area (Å²) in [5, 5.41) is 13.3. The van der Waals surface area contributed by atoms with Crippen LogP contribution in [-0.4, -0.2) is 107 Å². The van der Waals surface area contributed by atoms with Gasteiger partial charge in [-0.2, -0.15) is 0 Å². The minimum atomic E-state index is -0.723. The average Bonchev–Trinajstić information content (AvgIpc) is 3.39. The van der Waals surface area contributed by atoms with Gasteiger partial charge < -0.3 is 24.8 Å². The Kier molecular flexibility index (Phi) is 7.81. The Morgan fingerprint density at radius 1 is 1.32 bits per heavy atom. The molecule has 4 saturated heterocycles. The van der Waals surface area contributed by atoms with Gasteiger partial charge in [-0.25, -0.2) is 0 Å². The Morgan fingerprint density at radius 2 is 2.03 bits per heavy atom.